The van der Waals surface area contributed by atoms with Gasteiger partial charge in [-0.15, -0.1) is 24.0 Å². The van der Waals surface area contributed by atoms with Crippen molar-refractivity contribution in [1.29, 1.82) is 0 Å². The summed E-state index contributed by atoms with van der Waals surface area (Å²) in [6, 6.07) is 7.24. The van der Waals surface area contributed by atoms with E-state index in [4.69, 9.17) is 0 Å². The monoisotopic (exact) mass is 555 g/mol. The summed E-state index contributed by atoms with van der Waals surface area (Å²) in [5.74, 6) is 1.43. The van der Waals surface area contributed by atoms with E-state index in [2.05, 4.69) is 47.7 Å². The van der Waals surface area contributed by atoms with Crippen LogP contribution in [-0.4, -0.2) is 84.7 Å². The first-order chi connectivity index (χ1) is 15.1. The highest BCUT2D eigenvalue weighted by Gasteiger charge is 2.29. The van der Waals surface area contributed by atoms with Crippen LogP contribution in [0.4, 0.5) is 10.1 Å². The van der Waals surface area contributed by atoms with Crippen molar-refractivity contribution in [2.75, 3.05) is 64.3 Å². The Balaban J connectivity index is 0.00000289. The Labute approximate surface area is 207 Å². The minimum absolute atomic E-state index is 0. The van der Waals surface area contributed by atoms with Gasteiger partial charge in [-0.25, -0.2) is 9.37 Å². The van der Waals surface area contributed by atoms with E-state index in [9.17, 15) is 4.39 Å². The third-order valence-corrected chi connectivity index (χ3v) is 6.61. The second-order valence-corrected chi connectivity index (χ2v) is 8.57. The van der Waals surface area contributed by atoms with Gasteiger partial charge in [-0.1, -0.05) is 6.92 Å². The van der Waals surface area contributed by atoms with Gasteiger partial charge in [0.25, 0.3) is 0 Å². The maximum atomic E-state index is 13.1. The average molecular weight is 555 g/mol. The number of aromatic nitrogens is 2. The van der Waals surface area contributed by atoms with Crippen LogP contribution in [0, 0.1) is 11.7 Å². The van der Waals surface area contributed by atoms with Crippen molar-refractivity contribution in [2.24, 2.45) is 10.9 Å². The Morgan fingerprint density at radius 3 is 2.56 bits per heavy atom. The highest BCUT2D eigenvalue weighted by atomic mass is 127. The number of piperazine rings is 1. The molecule has 0 radical (unpaired) electrons. The van der Waals surface area contributed by atoms with Crippen LogP contribution in [0.25, 0.3) is 0 Å². The second-order valence-electron chi connectivity index (χ2n) is 8.57. The number of imidazole rings is 1. The smallest absolute Gasteiger partial charge is 0.193 e. The minimum atomic E-state index is -0.179. The molecule has 2 atom stereocenters. The quantitative estimate of drug-likeness (QED) is 0.350. The van der Waals surface area contributed by atoms with Crippen molar-refractivity contribution in [1.82, 2.24) is 24.7 Å². The number of piperidine rings is 1. The van der Waals surface area contributed by atoms with Crippen LogP contribution in [-0.2, 0) is 0 Å². The third kappa shape index (κ3) is 6.12. The van der Waals surface area contributed by atoms with Crippen LogP contribution in [0.5, 0.6) is 0 Å². The maximum Gasteiger partial charge on any atom is 0.193 e. The lowest BCUT2D eigenvalue weighted by atomic mass is 9.93. The van der Waals surface area contributed by atoms with E-state index in [1.54, 1.807) is 0 Å². The first kappa shape index (κ1) is 24.8. The molecule has 0 amide bonds. The number of guanidine groups is 1. The van der Waals surface area contributed by atoms with E-state index in [1.165, 1.54) is 12.1 Å². The SMILES string of the molecule is CN=C(NCCN1CCN(c2ccc(F)cc2)CC1)N1CCC(C)C(n2ccnc2)C1.I. The predicted octanol–water partition coefficient (Wildman–Crippen LogP) is 2.92. The molecule has 2 fully saturated rings. The van der Waals surface area contributed by atoms with Gasteiger partial charge in [0.15, 0.2) is 5.96 Å². The summed E-state index contributed by atoms with van der Waals surface area (Å²) in [5.41, 5.74) is 1.10. The van der Waals surface area contributed by atoms with Gasteiger partial charge in [-0.3, -0.25) is 9.89 Å². The summed E-state index contributed by atoms with van der Waals surface area (Å²) in [7, 11) is 1.87. The highest BCUT2D eigenvalue weighted by molar-refractivity contribution is 14.0. The van der Waals surface area contributed by atoms with E-state index in [-0.39, 0.29) is 29.8 Å². The van der Waals surface area contributed by atoms with Gasteiger partial charge in [0.2, 0.25) is 0 Å². The Bertz CT molecular complexity index is 835. The largest absolute Gasteiger partial charge is 0.369 e. The first-order valence-electron chi connectivity index (χ1n) is 11.3. The molecule has 32 heavy (non-hydrogen) atoms. The molecule has 2 saturated heterocycles. The summed E-state index contributed by atoms with van der Waals surface area (Å²) < 4.78 is 15.4. The molecule has 4 rings (SSSR count). The zero-order chi connectivity index (χ0) is 21.6. The number of halogens is 2. The van der Waals surface area contributed by atoms with Gasteiger partial charge < -0.3 is 19.7 Å². The van der Waals surface area contributed by atoms with Gasteiger partial charge in [0, 0.05) is 77.5 Å². The molecule has 176 valence electrons. The fourth-order valence-corrected chi connectivity index (χ4v) is 4.63. The Kier molecular flexibility index (Phi) is 9.15. The topological polar surface area (TPSA) is 51.9 Å². The molecule has 0 bridgehead atoms. The molecule has 0 saturated carbocycles. The fraction of sp³-hybridized carbons (Fsp3) is 0.565. The van der Waals surface area contributed by atoms with Crippen molar-refractivity contribution in [2.45, 2.75) is 19.4 Å². The predicted molar refractivity (Wildman–Crippen MR) is 138 cm³/mol. The summed E-state index contributed by atoms with van der Waals surface area (Å²) in [6.45, 7) is 10.1. The van der Waals surface area contributed by atoms with Crippen molar-refractivity contribution in [3.8, 4) is 0 Å². The number of hydrogen-bond donors (Lipinski definition) is 1. The molecular weight excluding hydrogens is 520 g/mol. The molecule has 2 unspecified atom stereocenters. The van der Waals surface area contributed by atoms with Crippen molar-refractivity contribution in [3.63, 3.8) is 0 Å². The van der Waals surface area contributed by atoms with Crippen LogP contribution in [0.1, 0.15) is 19.4 Å². The van der Waals surface area contributed by atoms with Crippen LogP contribution in [0.3, 0.4) is 0 Å². The van der Waals surface area contributed by atoms with Crippen molar-refractivity contribution < 1.29 is 4.39 Å². The number of anilines is 1. The first-order valence-corrected chi connectivity index (χ1v) is 11.3. The summed E-state index contributed by atoms with van der Waals surface area (Å²) in [6.07, 6.45) is 6.99. The lowest BCUT2D eigenvalue weighted by molar-refractivity contribution is 0.188. The molecule has 0 aliphatic carbocycles. The van der Waals surface area contributed by atoms with Crippen molar-refractivity contribution >= 4 is 35.6 Å². The summed E-state index contributed by atoms with van der Waals surface area (Å²) in [4.78, 5) is 15.9. The molecule has 7 nitrogen and oxygen atoms in total. The van der Waals surface area contributed by atoms with Gasteiger partial charge >= 0.3 is 0 Å². The van der Waals surface area contributed by atoms with Crippen molar-refractivity contribution in [3.05, 3.63) is 48.8 Å². The standard InChI is InChI=1S/C23H34FN7.HI/c1-19-7-10-30(17-22(19)31-12-8-26-18-31)23(25-2)27-9-11-28-13-15-29(16-14-28)21-5-3-20(24)4-6-21;/h3-6,8,12,18-19,22H,7,9-11,13-17H2,1-2H3,(H,25,27);1H. The number of aliphatic imine (C=N–C) groups is 1. The lowest BCUT2D eigenvalue weighted by Gasteiger charge is -2.39. The zero-order valence-electron chi connectivity index (χ0n) is 19.0. The number of likely N-dealkylation sites (tertiary alicyclic amines) is 1. The van der Waals surface area contributed by atoms with E-state index in [0.717, 1.165) is 70.4 Å². The van der Waals surface area contributed by atoms with Gasteiger partial charge in [-0.05, 0) is 36.6 Å². The van der Waals surface area contributed by atoms with Crippen LogP contribution in [0.15, 0.2) is 48.0 Å². The molecule has 2 aliphatic heterocycles. The second kappa shape index (κ2) is 11.8. The van der Waals surface area contributed by atoms with Crippen LogP contribution < -0.4 is 10.2 Å². The van der Waals surface area contributed by atoms with Gasteiger partial charge in [-0.2, -0.15) is 0 Å². The van der Waals surface area contributed by atoms with E-state index in [0.29, 0.717) is 12.0 Å². The Morgan fingerprint density at radius 1 is 1.16 bits per heavy atom. The molecule has 9 heteroatoms. The molecule has 2 aromatic rings. The molecule has 1 N–H and O–H groups in total. The molecule has 3 heterocycles. The molecule has 0 spiro atoms. The van der Waals surface area contributed by atoms with E-state index in [1.807, 2.05) is 31.7 Å². The fourth-order valence-electron chi connectivity index (χ4n) is 4.63. The van der Waals surface area contributed by atoms with Gasteiger partial charge in [0.1, 0.15) is 5.82 Å². The Morgan fingerprint density at radius 2 is 1.91 bits per heavy atom. The number of rotatable bonds is 5. The average Bonchev–Trinajstić information content (AvgIpc) is 3.33. The minimum Gasteiger partial charge on any atom is -0.369 e. The molecule has 1 aromatic carbocycles. The number of hydrogen-bond acceptors (Lipinski definition) is 4. The molecule has 1 aromatic heterocycles. The number of nitrogens with one attached hydrogen (secondary N) is 1. The summed E-state index contributed by atoms with van der Waals surface area (Å²) >= 11 is 0. The zero-order valence-corrected chi connectivity index (χ0v) is 21.4. The van der Waals surface area contributed by atoms with Gasteiger partial charge in [0.05, 0.1) is 12.4 Å². The normalized spacial score (nSPS) is 22.5. The van der Waals surface area contributed by atoms with Crippen LogP contribution in [0.2, 0.25) is 0 Å². The third-order valence-electron chi connectivity index (χ3n) is 6.61. The highest BCUT2D eigenvalue weighted by Crippen LogP contribution is 2.27. The molecule has 2 aliphatic rings. The van der Waals surface area contributed by atoms with E-state index >= 15 is 0 Å². The lowest BCUT2D eigenvalue weighted by Crippen LogP contribution is -2.52. The van der Waals surface area contributed by atoms with E-state index < -0.39 is 0 Å². The number of benzene rings is 1. The molecular formula is C23H35FIN7. The summed E-state index contributed by atoms with van der Waals surface area (Å²) in [5, 5.41) is 3.57. The number of nitrogens with zero attached hydrogens (tertiary/aromatic N) is 6. The Hall–Kier alpha value is -1.88. The van der Waals surface area contributed by atoms with Crippen LogP contribution >= 0.6 is 24.0 Å². The maximum absolute atomic E-state index is 13.1.